The molecule has 5 heteroatoms. The number of nitrogens with two attached hydrogens (primary N) is 1. The standard InChI is InChI=1S/C14H20Cl2N2O/c1-4-13(17)14(19)18(9(2)3)8-10-5-6-11(15)12(16)7-10/h5-7,9,13H,4,8,17H2,1-3H3/t13-/m0/s1. The van der Waals surface area contributed by atoms with Crippen molar-refractivity contribution in [3.05, 3.63) is 33.8 Å². The molecule has 0 aliphatic rings. The Morgan fingerprint density at radius 1 is 1.32 bits per heavy atom. The highest BCUT2D eigenvalue weighted by atomic mass is 35.5. The maximum atomic E-state index is 12.2. The van der Waals surface area contributed by atoms with Crippen LogP contribution in [0.15, 0.2) is 18.2 Å². The van der Waals surface area contributed by atoms with E-state index < -0.39 is 6.04 Å². The Morgan fingerprint density at radius 2 is 1.95 bits per heavy atom. The Kier molecular flexibility index (Phi) is 6.11. The van der Waals surface area contributed by atoms with Crippen LogP contribution in [0.3, 0.4) is 0 Å². The number of halogens is 2. The molecule has 1 aromatic carbocycles. The summed E-state index contributed by atoms with van der Waals surface area (Å²) in [5, 5.41) is 1.01. The number of hydrogen-bond acceptors (Lipinski definition) is 2. The lowest BCUT2D eigenvalue weighted by Gasteiger charge is -2.29. The Labute approximate surface area is 124 Å². The molecule has 0 aliphatic carbocycles. The second-order valence-corrected chi connectivity index (χ2v) is 5.64. The first kappa shape index (κ1) is 16.3. The van der Waals surface area contributed by atoms with Gasteiger partial charge in [-0.05, 0) is 38.0 Å². The van der Waals surface area contributed by atoms with E-state index in [1.807, 2.05) is 26.8 Å². The summed E-state index contributed by atoms with van der Waals surface area (Å²) < 4.78 is 0. The highest BCUT2D eigenvalue weighted by Gasteiger charge is 2.22. The number of nitrogens with zero attached hydrogens (tertiary/aromatic N) is 1. The highest BCUT2D eigenvalue weighted by molar-refractivity contribution is 6.42. The molecular weight excluding hydrogens is 283 g/mol. The molecule has 0 aliphatic heterocycles. The number of carbonyl (C=O) groups is 1. The van der Waals surface area contributed by atoms with Crippen LogP contribution in [0.5, 0.6) is 0 Å². The van der Waals surface area contributed by atoms with Gasteiger partial charge in [0.15, 0.2) is 0 Å². The van der Waals surface area contributed by atoms with Crippen LogP contribution in [0.25, 0.3) is 0 Å². The fourth-order valence-electron chi connectivity index (χ4n) is 1.74. The van der Waals surface area contributed by atoms with E-state index in [0.717, 1.165) is 5.56 Å². The molecule has 1 atom stereocenters. The third-order valence-corrected chi connectivity index (χ3v) is 3.74. The van der Waals surface area contributed by atoms with Gasteiger partial charge in [0, 0.05) is 12.6 Å². The third kappa shape index (κ3) is 4.37. The van der Waals surface area contributed by atoms with E-state index in [1.54, 1.807) is 17.0 Å². The number of amides is 1. The van der Waals surface area contributed by atoms with E-state index >= 15 is 0 Å². The highest BCUT2D eigenvalue weighted by Crippen LogP contribution is 2.23. The van der Waals surface area contributed by atoms with Crippen molar-refractivity contribution in [2.75, 3.05) is 0 Å². The molecule has 1 rings (SSSR count). The van der Waals surface area contributed by atoms with Gasteiger partial charge in [-0.25, -0.2) is 0 Å². The molecule has 0 heterocycles. The van der Waals surface area contributed by atoms with Crippen LogP contribution in [-0.2, 0) is 11.3 Å². The maximum Gasteiger partial charge on any atom is 0.240 e. The van der Waals surface area contributed by atoms with Gasteiger partial charge in [0.1, 0.15) is 0 Å². The van der Waals surface area contributed by atoms with Gasteiger partial charge in [0.05, 0.1) is 16.1 Å². The van der Waals surface area contributed by atoms with Crippen LogP contribution in [0.4, 0.5) is 0 Å². The van der Waals surface area contributed by atoms with Gasteiger partial charge in [-0.2, -0.15) is 0 Å². The quantitative estimate of drug-likeness (QED) is 0.905. The molecule has 0 radical (unpaired) electrons. The molecule has 0 saturated heterocycles. The van der Waals surface area contributed by atoms with Gasteiger partial charge in [-0.3, -0.25) is 4.79 Å². The molecule has 106 valence electrons. The summed E-state index contributed by atoms with van der Waals surface area (Å²) >= 11 is 11.9. The molecule has 3 nitrogen and oxygen atoms in total. The zero-order valence-electron chi connectivity index (χ0n) is 11.5. The number of hydrogen-bond donors (Lipinski definition) is 1. The number of rotatable bonds is 5. The summed E-state index contributed by atoms with van der Waals surface area (Å²) in [6.45, 7) is 6.33. The molecule has 2 N–H and O–H groups in total. The summed E-state index contributed by atoms with van der Waals surface area (Å²) in [5.74, 6) is -0.0384. The molecule has 0 unspecified atom stereocenters. The van der Waals surface area contributed by atoms with Crippen molar-refractivity contribution < 1.29 is 4.79 Å². The average Bonchev–Trinajstić information content (AvgIpc) is 2.37. The van der Waals surface area contributed by atoms with Gasteiger partial charge < -0.3 is 10.6 Å². The third-order valence-electron chi connectivity index (χ3n) is 3.00. The fourth-order valence-corrected chi connectivity index (χ4v) is 2.06. The molecule has 19 heavy (non-hydrogen) atoms. The minimum atomic E-state index is -0.454. The summed E-state index contributed by atoms with van der Waals surface area (Å²) in [5.41, 5.74) is 6.77. The molecule has 1 aromatic rings. The minimum Gasteiger partial charge on any atom is -0.335 e. The van der Waals surface area contributed by atoms with E-state index in [9.17, 15) is 4.79 Å². The second kappa shape index (κ2) is 7.13. The van der Waals surface area contributed by atoms with Crippen LogP contribution < -0.4 is 5.73 Å². The van der Waals surface area contributed by atoms with Crippen LogP contribution in [0.2, 0.25) is 10.0 Å². The number of benzene rings is 1. The first-order valence-corrected chi connectivity index (χ1v) is 7.12. The van der Waals surface area contributed by atoms with E-state index in [2.05, 4.69) is 0 Å². The van der Waals surface area contributed by atoms with Crippen molar-refractivity contribution in [2.24, 2.45) is 5.73 Å². The van der Waals surface area contributed by atoms with Crippen molar-refractivity contribution in [3.8, 4) is 0 Å². The van der Waals surface area contributed by atoms with Crippen molar-refractivity contribution in [1.82, 2.24) is 4.90 Å². The van der Waals surface area contributed by atoms with Crippen molar-refractivity contribution >= 4 is 29.1 Å². The number of carbonyl (C=O) groups excluding carboxylic acids is 1. The normalized spacial score (nSPS) is 12.6. The molecular formula is C14H20Cl2N2O. The SMILES string of the molecule is CC[C@H](N)C(=O)N(Cc1ccc(Cl)c(Cl)c1)C(C)C. The summed E-state index contributed by atoms with van der Waals surface area (Å²) in [4.78, 5) is 14.0. The lowest BCUT2D eigenvalue weighted by atomic mass is 10.1. The first-order valence-electron chi connectivity index (χ1n) is 6.36. The molecule has 0 spiro atoms. The molecule has 0 bridgehead atoms. The Morgan fingerprint density at radius 3 is 2.42 bits per heavy atom. The molecule has 0 fully saturated rings. The van der Waals surface area contributed by atoms with Crippen molar-refractivity contribution in [1.29, 1.82) is 0 Å². The van der Waals surface area contributed by atoms with Gasteiger partial charge in [-0.15, -0.1) is 0 Å². The van der Waals surface area contributed by atoms with E-state index in [0.29, 0.717) is 23.0 Å². The Balaban J connectivity index is 2.90. The fraction of sp³-hybridized carbons (Fsp3) is 0.500. The lowest BCUT2D eigenvalue weighted by molar-refractivity contribution is -0.135. The van der Waals surface area contributed by atoms with Crippen LogP contribution >= 0.6 is 23.2 Å². The van der Waals surface area contributed by atoms with E-state index in [-0.39, 0.29) is 11.9 Å². The lowest BCUT2D eigenvalue weighted by Crippen LogP contribution is -2.46. The Hall–Kier alpha value is -0.770. The van der Waals surface area contributed by atoms with Crippen molar-refractivity contribution in [2.45, 2.75) is 45.8 Å². The van der Waals surface area contributed by atoms with Crippen LogP contribution in [0.1, 0.15) is 32.8 Å². The average molecular weight is 303 g/mol. The molecule has 1 amide bonds. The van der Waals surface area contributed by atoms with E-state index in [1.165, 1.54) is 0 Å². The zero-order valence-corrected chi connectivity index (χ0v) is 13.0. The topological polar surface area (TPSA) is 46.3 Å². The van der Waals surface area contributed by atoms with Crippen molar-refractivity contribution in [3.63, 3.8) is 0 Å². The first-order chi connectivity index (χ1) is 8.86. The second-order valence-electron chi connectivity index (χ2n) is 4.82. The molecule has 0 saturated carbocycles. The maximum absolute atomic E-state index is 12.2. The van der Waals surface area contributed by atoms with Gasteiger partial charge in [-0.1, -0.05) is 36.2 Å². The minimum absolute atomic E-state index is 0.0384. The van der Waals surface area contributed by atoms with Gasteiger partial charge in [0.25, 0.3) is 0 Å². The summed E-state index contributed by atoms with van der Waals surface area (Å²) in [6.07, 6.45) is 0.628. The largest absolute Gasteiger partial charge is 0.335 e. The monoisotopic (exact) mass is 302 g/mol. The summed E-state index contributed by atoms with van der Waals surface area (Å²) in [6, 6.07) is 5.02. The van der Waals surface area contributed by atoms with E-state index in [4.69, 9.17) is 28.9 Å². The van der Waals surface area contributed by atoms with Gasteiger partial charge >= 0.3 is 0 Å². The van der Waals surface area contributed by atoms with Crippen LogP contribution in [-0.4, -0.2) is 22.9 Å². The predicted octanol–water partition coefficient (Wildman–Crippen LogP) is 3.47. The van der Waals surface area contributed by atoms with Gasteiger partial charge in [0.2, 0.25) is 5.91 Å². The van der Waals surface area contributed by atoms with Crippen LogP contribution in [0, 0.1) is 0 Å². The zero-order chi connectivity index (χ0) is 14.6. The Bertz CT molecular complexity index is 449. The smallest absolute Gasteiger partial charge is 0.240 e. The predicted molar refractivity (Wildman–Crippen MR) is 80.4 cm³/mol. The summed E-state index contributed by atoms with van der Waals surface area (Å²) in [7, 11) is 0. The molecule has 0 aromatic heterocycles.